The maximum Gasteiger partial charge on any atom is 0.294 e. The fourth-order valence-electron chi connectivity index (χ4n) is 1.79. The third-order valence-electron chi connectivity index (χ3n) is 2.53. The Bertz CT molecular complexity index is 494. The molecule has 0 aromatic heterocycles. The van der Waals surface area contributed by atoms with Crippen molar-refractivity contribution < 1.29 is 9.72 Å². The van der Waals surface area contributed by atoms with E-state index in [1.54, 1.807) is 12.1 Å². The molecule has 1 unspecified atom stereocenters. The molecular formula is C10H9IN2O3S. The second-order valence-electron chi connectivity index (χ2n) is 3.75. The van der Waals surface area contributed by atoms with Crippen LogP contribution in [0.5, 0.6) is 0 Å². The van der Waals surface area contributed by atoms with Gasteiger partial charge in [-0.15, -0.1) is 0 Å². The Hall–Kier alpha value is -0.830. The third kappa shape index (κ3) is 2.54. The summed E-state index contributed by atoms with van der Waals surface area (Å²) in [7, 11) is 0. The van der Waals surface area contributed by atoms with Gasteiger partial charge < -0.3 is 4.90 Å². The molecule has 2 rings (SSSR count). The summed E-state index contributed by atoms with van der Waals surface area (Å²) in [4.78, 5) is 23.6. The lowest BCUT2D eigenvalue weighted by molar-refractivity contribution is -0.384. The van der Waals surface area contributed by atoms with Crippen molar-refractivity contribution in [1.29, 1.82) is 0 Å². The van der Waals surface area contributed by atoms with Gasteiger partial charge in [-0.05, 0) is 34.7 Å². The maximum atomic E-state index is 11.7. The van der Waals surface area contributed by atoms with E-state index >= 15 is 0 Å². The van der Waals surface area contributed by atoms with Gasteiger partial charge in [-0.1, -0.05) is 0 Å². The van der Waals surface area contributed by atoms with Crippen molar-refractivity contribution in [3.05, 3.63) is 31.9 Å². The van der Waals surface area contributed by atoms with Gasteiger partial charge in [0.2, 0.25) is 5.91 Å². The Morgan fingerprint density at radius 3 is 2.76 bits per heavy atom. The Kier molecular flexibility index (Phi) is 3.57. The van der Waals surface area contributed by atoms with Crippen molar-refractivity contribution in [3.8, 4) is 0 Å². The summed E-state index contributed by atoms with van der Waals surface area (Å²) in [5.74, 6) is -0.116. The van der Waals surface area contributed by atoms with Crippen molar-refractivity contribution in [2.45, 2.75) is 11.7 Å². The molecule has 0 saturated carbocycles. The highest BCUT2D eigenvalue weighted by Gasteiger charge is 2.32. The molecule has 90 valence electrons. The third-order valence-corrected chi connectivity index (χ3v) is 3.55. The Labute approximate surface area is 117 Å². The monoisotopic (exact) mass is 364 g/mol. The van der Waals surface area contributed by atoms with E-state index in [1.165, 1.54) is 11.0 Å². The zero-order valence-electron chi connectivity index (χ0n) is 8.67. The van der Waals surface area contributed by atoms with Gasteiger partial charge in [0.15, 0.2) is 0 Å². The predicted molar refractivity (Wildman–Crippen MR) is 75.6 cm³/mol. The van der Waals surface area contributed by atoms with Crippen LogP contribution in [0.3, 0.4) is 0 Å². The van der Waals surface area contributed by atoms with Gasteiger partial charge in [-0.3, -0.25) is 14.9 Å². The van der Waals surface area contributed by atoms with E-state index in [0.29, 0.717) is 18.7 Å². The largest absolute Gasteiger partial charge is 0.305 e. The van der Waals surface area contributed by atoms with Gasteiger partial charge in [0, 0.05) is 27.9 Å². The summed E-state index contributed by atoms with van der Waals surface area (Å²) in [5.41, 5.74) is 0.324. The van der Waals surface area contributed by atoms with Gasteiger partial charge in [0.05, 0.1) is 4.92 Å². The highest BCUT2D eigenvalue weighted by molar-refractivity contribution is 14.1. The minimum atomic E-state index is -0.462. The molecule has 1 saturated heterocycles. The summed E-state index contributed by atoms with van der Waals surface area (Å²) < 4.78 is 0.770. The molecule has 1 aromatic carbocycles. The predicted octanol–water partition coefficient (Wildman–Crippen LogP) is 2.23. The number of halogens is 1. The summed E-state index contributed by atoms with van der Waals surface area (Å²) in [6, 6.07) is 4.83. The molecule has 0 spiro atoms. The summed E-state index contributed by atoms with van der Waals surface area (Å²) in [5, 5.41) is 10.9. The smallest absolute Gasteiger partial charge is 0.294 e. The summed E-state index contributed by atoms with van der Waals surface area (Å²) in [6.07, 6.45) is 0.326. The number of carbonyl (C=O) groups is 1. The Morgan fingerprint density at radius 1 is 1.53 bits per heavy atom. The van der Waals surface area contributed by atoms with Crippen LogP contribution in [0.25, 0.3) is 0 Å². The molecule has 1 aromatic rings. The number of hydrogen-bond acceptors (Lipinski definition) is 4. The number of carbonyl (C=O) groups excluding carboxylic acids is 1. The summed E-state index contributed by atoms with van der Waals surface area (Å²) in [6.45, 7) is 0.420. The van der Waals surface area contributed by atoms with Crippen LogP contribution in [-0.4, -0.2) is 22.6 Å². The zero-order valence-corrected chi connectivity index (χ0v) is 11.7. The standard InChI is InChI=1S/C10H9IN2O3S/c11-6-1-2-8(9(3-6)13(15)16)12-5-7(17)4-10(12)14/h1-3,7,17H,4-5H2. The lowest BCUT2D eigenvalue weighted by Crippen LogP contribution is -2.25. The molecule has 7 heteroatoms. The van der Waals surface area contributed by atoms with Crippen LogP contribution in [0.2, 0.25) is 0 Å². The summed E-state index contributed by atoms with van der Waals surface area (Å²) >= 11 is 6.24. The van der Waals surface area contributed by atoms with Gasteiger partial charge in [-0.2, -0.15) is 12.6 Å². The molecule has 0 bridgehead atoms. The number of benzene rings is 1. The lowest BCUT2D eigenvalue weighted by atomic mass is 10.2. The molecule has 1 aliphatic rings. The first-order chi connectivity index (χ1) is 7.99. The zero-order chi connectivity index (χ0) is 12.6. The van der Waals surface area contributed by atoms with E-state index in [4.69, 9.17) is 0 Å². The maximum absolute atomic E-state index is 11.7. The molecule has 0 radical (unpaired) electrons. The van der Waals surface area contributed by atoms with Gasteiger partial charge in [0.1, 0.15) is 5.69 Å². The van der Waals surface area contributed by atoms with Crippen LogP contribution in [0, 0.1) is 13.7 Å². The molecule has 1 aliphatic heterocycles. The number of thiol groups is 1. The SMILES string of the molecule is O=C1CC(S)CN1c1ccc(I)cc1[N+](=O)[O-]. The average Bonchev–Trinajstić information content (AvgIpc) is 2.57. The van der Waals surface area contributed by atoms with Crippen molar-refractivity contribution >= 4 is 52.5 Å². The molecule has 5 nitrogen and oxygen atoms in total. The molecule has 17 heavy (non-hydrogen) atoms. The van der Waals surface area contributed by atoms with Crippen molar-refractivity contribution in [3.63, 3.8) is 0 Å². The van der Waals surface area contributed by atoms with E-state index < -0.39 is 4.92 Å². The minimum Gasteiger partial charge on any atom is -0.305 e. The molecular weight excluding hydrogens is 355 g/mol. The number of anilines is 1. The molecule has 1 amide bonds. The van der Waals surface area contributed by atoms with Crippen LogP contribution in [0.15, 0.2) is 18.2 Å². The van der Waals surface area contributed by atoms with Gasteiger partial charge in [0.25, 0.3) is 5.69 Å². The highest BCUT2D eigenvalue weighted by atomic mass is 127. The molecule has 0 aliphatic carbocycles. The second-order valence-corrected chi connectivity index (χ2v) is 5.73. The first-order valence-electron chi connectivity index (χ1n) is 4.91. The first kappa shape index (κ1) is 12.6. The van der Waals surface area contributed by atoms with Crippen molar-refractivity contribution in [2.24, 2.45) is 0 Å². The van der Waals surface area contributed by atoms with Crippen LogP contribution < -0.4 is 4.90 Å². The lowest BCUT2D eigenvalue weighted by Gasteiger charge is -2.16. The molecule has 0 N–H and O–H groups in total. The number of rotatable bonds is 2. The van der Waals surface area contributed by atoms with Crippen LogP contribution in [0.4, 0.5) is 11.4 Å². The fraction of sp³-hybridized carbons (Fsp3) is 0.300. The van der Waals surface area contributed by atoms with E-state index in [2.05, 4.69) is 12.6 Å². The second kappa shape index (κ2) is 4.81. The fourth-order valence-corrected chi connectivity index (χ4v) is 2.59. The highest BCUT2D eigenvalue weighted by Crippen LogP contribution is 2.33. The Morgan fingerprint density at radius 2 is 2.24 bits per heavy atom. The molecule has 1 fully saturated rings. The number of nitrogens with zero attached hydrogens (tertiary/aromatic N) is 2. The van der Waals surface area contributed by atoms with E-state index in [0.717, 1.165) is 3.57 Å². The minimum absolute atomic E-state index is 0.0346. The number of amides is 1. The van der Waals surface area contributed by atoms with Gasteiger partial charge in [-0.25, -0.2) is 0 Å². The van der Waals surface area contributed by atoms with Crippen LogP contribution in [0.1, 0.15) is 6.42 Å². The average molecular weight is 364 g/mol. The van der Waals surface area contributed by atoms with Crippen molar-refractivity contribution in [2.75, 3.05) is 11.4 Å². The normalized spacial score (nSPS) is 19.8. The van der Waals surface area contributed by atoms with E-state index in [9.17, 15) is 14.9 Å². The molecule has 1 atom stereocenters. The topological polar surface area (TPSA) is 63.5 Å². The van der Waals surface area contributed by atoms with Crippen LogP contribution >= 0.6 is 35.2 Å². The quantitative estimate of drug-likeness (QED) is 0.379. The number of nitro benzene ring substituents is 1. The van der Waals surface area contributed by atoms with Gasteiger partial charge >= 0.3 is 0 Å². The molecule has 1 heterocycles. The van der Waals surface area contributed by atoms with Crippen LogP contribution in [-0.2, 0) is 4.79 Å². The van der Waals surface area contributed by atoms with Crippen molar-refractivity contribution in [1.82, 2.24) is 0 Å². The van der Waals surface area contributed by atoms with E-state index in [-0.39, 0.29) is 16.8 Å². The van der Waals surface area contributed by atoms with E-state index in [1.807, 2.05) is 22.6 Å². The first-order valence-corrected chi connectivity index (χ1v) is 6.51. The number of nitro groups is 1. The number of hydrogen-bond donors (Lipinski definition) is 1. The Balaban J connectivity index is 2.45.